The molecule has 1 aromatic rings. The highest BCUT2D eigenvalue weighted by atomic mass is 19.1. The van der Waals surface area contributed by atoms with Gasteiger partial charge in [0.1, 0.15) is 5.82 Å². The number of nitrogens with zero attached hydrogens (tertiary/aromatic N) is 1. The molecule has 0 spiro atoms. The molecule has 84 valence electrons. The minimum Gasteiger partial charge on any atom is -0.397 e. The van der Waals surface area contributed by atoms with E-state index in [0.717, 1.165) is 18.7 Å². The Bertz CT molecular complexity index is 325. The molecule has 2 N–H and O–H groups in total. The van der Waals surface area contributed by atoms with Crippen LogP contribution in [0.5, 0.6) is 0 Å². The Balaban J connectivity index is 2.80. The molecule has 0 aromatic heterocycles. The molecule has 0 radical (unpaired) electrons. The topological polar surface area (TPSA) is 29.3 Å². The van der Waals surface area contributed by atoms with Gasteiger partial charge in [0.2, 0.25) is 0 Å². The van der Waals surface area contributed by atoms with E-state index in [-0.39, 0.29) is 5.82 Å². The van der Waals surface area contributed by atoms with E-state index in [1.54, 1.807) is 6.07 Å². The first-order valence-corrected chi connectivity index (χ1v) is 5.30. The number of nitrogens with two attached hydrogens (primary N) is 1. The standard InChI is InChI=1S/C12H19FN2/c1-4-9(2)8-15(3)12-7-10(13)5-6-11(12)14/h5-7,9H,4,8,14H2,1-3H3. The van der Waals surface area contributed by atoms with Crippen LogP contribution in [0.2, 0.25) is 0 Å². The van der Waals surface area contributed by atoms with Crippen molar-refractivity contribution in [1.29, 1.82) is 0 Å². The number of halogens is 1. The van der Waals surface area contributed by atoms with E-state index in [2.05, 4.69) is 13.8 Å². The average Bonchev–Trinajstić information content (AvgIpc) is 2.21. The lowest BCUT2D eigenvalue weighted by molar-refractivity contribution is 0.559. The van der Waals surface area contributed by atoms with Crippen LogP contribution in [0.4, 0.5) is 15.8 Å². The van der Waals surface area contributed by atoms with E-state index in [0.29, 0.717) is 11.6 Å². The van der Waals surface area contributed by atoms with Crippen molar-refractivity contribution >= 4 is 11.4 Å². The summed E-state index contributed by atoms with van der Waals surface area (Å²) >= 11 is 0. The minimum atomic E-state index is -0.241. The van der Waals surface area contributed by atoms with Gasteiger partial charge in [0.25, 0.3) is 0 Å². The summed E-state index contributed by atoms with van der Waals surface area (Å²) in [7, 11) is 1.94. The van der Waals surface area contributed by atoms with Crippen molar-refractivity contribution in [1.82, 2.24) is 0 Å². The zero-order valence-electron chi connectivity index (χ0n) is 9.63. The smallest absolute Gasteiger partial charge is 0.125 e. The molecule has 0 saturated heterocycles. The van der Waals surface area contributed by atoms with E-state index in [1.807, 2.05) is 11.9 Å². The molecule has 1 unspecified atom stereocenters. The maximum Gasteiger partial charge on any atom is 0.125 e. The van der Waals surface area contributed by atoms with Gasteiger partial charge in [0.15, 0.2) is 0 Å². The van der Waals surface area contributed by atoms with Gasteiger partial charge in [-0.1, -0.05) is 20.3 Å². The van der Waals surface area contributed by atoms with Crippen LogP contribution in [0.3, 0.4) is 0 Å². The molecule has 0 aliphatic rings. The third-order valence-electron chi connectivity index (χ3n) is 2.69. The van der Waals surface area contributed by atoms with Gasteiger partial charge in [-0.25, -0.2) is 4.39 Å². The maximum absolute atomic E-state index is 13.0. The molecule has 1 rings (SSSR count). The fraction of sp³-hybridized carbons (Fsp3) is 0.500. The predicted octanol–water partition coefficient (Wildman–Crippen LogP) is 2.89. The lowest BCUT2D eigenvalue weighted by Gasteiger charge is -2.24. The lowest BCUT2D eigenvalue weighted by Crippen LogP contribution is -2.24. The summed E-state index contributed by atoms with van der Waals surface area (Å²) in [6.45, 7) is 5.21. The summed E-state index contributed by atoms with van der Waals surface area (Å²) in [5.74, 6) is 0.341. The molecule has 0 aliphatic heterocycles. The summed E-state index contributed by atoms with van der Waals surface area (Å²) in [6, 6.07) is 4.48. The van der Waals surface area contributed by atoms with Gasteiger partial charge < -0.3 is 10.6 Å². The normalized spacial score (nSPS) is 12.5. The van der Waals surface area contributed by atoms with Crippen LogP contribution in [-0.2, 0) is 0 Å². The minimum absolute atomic E-state index is 0.241. The van der Waals surface area contributed by atoms with Crippen LogP contribution in [-0.4, -0.2) is 13.6 Å². The van der Waals surface area contributed by atoms with Gasteiger partial charge in [0, 0.05) is 13.6 Å². The predicted molar refractivity (Wildman–Crippen MR) is 63.5 cm³/mol. The molecule has 0 fully saturated rings. The summed E-state index contributed by atoms with van der Waals surface area (Å²) in [4.78, 5) is 2.01. The van der Waals surface area contributed by atoms with Crippen molar-refractivity contribution in [2.24, 2.45) is 5.92 Å². The first-order chi connectivity index (χ1) is 7.04. The largest absolute Gasteiger partial charge is 0.397 e. The fourth-order valence-corrected chi connectivity index (χ4v) is 1.54. The van der Waals surface area contributed by atoms with E-state index in [9.17, 15) is 4.39 Å². The molecule has 1 atom stereocenters. The summed E-state index contributed by atoms with van der Waals surface area (Å²) in [5, 5.41) is 0. The molecule has 1 aromatic carbocycles. The second-order valence-electron chi connectivity index (χ2n) is 4.10. The average molecular weight is 210 g/mol. The molecule has 0 heterocycles. The van der Waals surface area contributed by atoms with Crippen LogP contribution in [0, 0.1) is 11.7 Å². The molecular weight excluding hydrogens is 191 g/mol. The van der Waals surface area contributed by atoms with E-state index in [4.69, 9.17) is 5.73 Å². The first-order valence-electron chi connectivity index (χ1n) is 5.30. The van der Waals surface area contributed by atoms with E-state index < -0.39 is 0 Å². The van der Waals surface area contributed by atoms with Crippen molar-refractivity contribution in [3.8, 4) is 0 Å². The Kier molecular flexibility index (Phi) is 3.95. The summed E-state index contributed by atoms with van der Waals surface area (Å²) in [5.41, 5.74) is 7.20. The van der Waals surface area contributed by atoms with Crippen LogP contribution < -0.4 is 10.6 Å². The number of rotatable bonds is 4. The highest BCUT2D eigenvalue weighted by Gasteiger charge is 2.09. The Hall–Kier alpha value is -1.25. The SMILES string of the molecule is CCC(C)CN(C)c1cc(F)ccc1N. The molecular formula is C12H19FN2. The Morgan fingerprint density at radius 1 is 1.47 bits per heavy atom. The Morgan fingerprint density at radius 3 is 2.73 bits per heavy atom. The summed E-state index contributed by atoms with van der Waals surface area (Å²) < 4.78 is 13.0. The van der Waals surface area contributed by atoms with Crippen LogP contribution in [0.15, 0.2) is 18.2 Å². The monoisotopic (exact) mass is 210 g/mol. The number of benzene rings is 1. The van der Waals surface area contributed by atoms with Crippen LogP contribution in [0.25, 0.3) is 0 Å². The molecule has 0 saturated carbocycles. The second kappa shape index (κ2) is 5.01. The lowest BCUT2D eigenvalue weighted by atomic mass is 10.1. The zero-order valence-corrected chi connectivity index (χ0v) is 9.63. The highest BCUT2D eigenvalue weighted by Crippen LogP contribution is 2.23. The molecule has 0 amide bonds. The van der Waals surface area contributed by atoms with Crippen LogP contribution in [0.1, 0.15) is 20.3 Å². The molecule has 0 bridgehead atoms. The third-order valence-corrected chi connectivity index (χ3v) is 2.69. The number of hydrogen-bond donors (Lipinski definition) is 1. The fourth-order valence-electron chi connectivity index (χ4n) is 1.54. The van der Waals surface area contributed by atoms with Gasteiger partial charge in [-0.3, -0.25) is 0 Å². The van der Waals surface area contributed by atoms with Gasteiger partial charge in [-0.15, -0.1) is 0 Å². The summed E-state index contributed by atoms with van der Waals surface area (Å²) in [6.07, 6.45) is 1.11. The van der Waals surface area contributed by atoms with Crippen molar-refractivity contribution in [3.63, 3.8) is 0 Å². The first kappa shape index (κ1) is 11.8. The Labute approximate surface area is 90.9 Å². The highest BCUT2D eigenvalue weighted by molar-refractivity contribution is 5.67. The number of anilines is 2. The Morgan fingerprint density at radius 2 is 2.13 bits per heavy atom. The third kappa shape index (κ3) is 3.11. The molecule has 15 heavy (non-hydrogen) atoms. The molecule has 0 aliphatic carbocycles. The van der Waals surface area contributed by atoms with Crippen molar-refractivity contribution in [2.45, 2.75) is 20.3 Å². The van der Waals surface area contributed by atoms with Crippen molar-refractivity contribution in [3.05, 3.63) is 24.0 Å². The zero-order chi connectivity index (χ0) is 11.4. The van der Waals surface area contributed by atoms with E-state index >= 15 is 0 Å². The molecule has 2 nitrogen and oxygen atoms in total. The van der Waals surface area contributed by atoms with Crippen molar-refractivity contribution in [2.75, 3.05) is 24.2 Å². The molecule has 3 heteroatoms. The number of hydrogen-bond acceptors (Lipinski definition) is 2. The van der Waals surface area contributed by atoms with E-state index in [1.165, 1.54) is 12.1 Å². The maximum atomic E-state index is 13.0. The van der Waals surface area contributed by atoms with Gasteiger partial charge >= 0.3 is 0 Å². The van der Waals surface area contributed by atoms with Crippen molar-refractivity contribution < 1.29 is 4.39 Å². The van der Waals surface area contributed by atoms with Crippen LogP contribution >= 0.6 is 0 Å². The quantitative estimate of drug-likeness (QED) is 0.774. The van der Waals surface area contributed by atoms with Gasteiger partial charge in [-0.05, 0) is 24.1 Å². The second-order valence-corrected chi connectivity index (χ2v) is 4.10. The number of nitrogen functional groups attached to an aromatic ring is 1. The van der Waals surface area contributed by atoms with Gasteiger partial charge in [-0.2, -0.15) is 0 Å². The van der Waals surface area contributed by atoms with Gasteiger partial charge in [0.05, 0.1) is 11.4 Å².